The van der Waals surface area contributed by atoms with Gasteiger partial charge in [0.2, 0.25) is 5.91 Å². The van der Waals surface area contributed by atoms with E-state index in [9.17, 15) is 9.59 Å². The fourth-order valence-electron chi connectivity index (χ4n) is 3.03. The first-order valence-corrected chi connectivity index (χ1v) is 10.1. The maximum Gasteiger partial charge on any atom is 0.315 e. The third kappa shape index (κ3) is 7.39. The van der Waals surface area contributed by atoms with Gasteiger partial charge in [0.25, 0.3) is 0 Å². The second-order valence-corrected chi connectivity index (χ2v) is 7.50. The number of nitrogens with one attached hydrogen (secondary N) is 3. The Morgan fingerprint density at radius 2 is 2.00 bits per heavy atom. The van der Waals surface area contributed by atoms with Crippen LogP contribution >= 0.6 is 11.8 Å². The Labute approximate surface area is 153 Å². The van der Waals surface area contributed by atoms with Crippen molar-refractivity contribution in [3.05, 3.63) is 0 Å². The summed E-state index contributed by atoms with van der Waals surface area (Å²) in [4.78, 5) is 23.1. The SMILES string of the molecule is NCCOCCOCCNC(=O)CCCC[C@H]1SCC2NC(=O)NC21. The van der Waals surface area contributed by atoms with E-state index in [0.29, 0.717) is 51.2 Å². The highest BCUT2D eigenvalue weighted by molar-refractivity contribution is 8.00. The van der Waals surface area contributed by atoms with Crippen molar-refractivity contribution in [2.45, 2.75) is 43.0 Å². The van der Waals surface area contributed by atoms with Crippen molar-refractivity contribution >= 4 is 23.7 Å². The number of fused-ring (bicyclic) bond motifs is 1. The van der Waals surface area contributed by atoms with Gasteiger partial charge in [-0.15, -0.1) is 0 Å². The maximum absolute atomic E-state index is 11.8. The summed E-state index contributed by atoms with van der Waals surface area (Å²) in [6, 6.07) is 0.469. The molecule has 2 unspecified atom stereocenters. The first-order valence-electron chi connectivity index (χ1n) is 9.01. The average molecular weight is 375 g/mol. The minimum atomic E-state index is -0.0483. The topological polar surface area (TPSA) is 115 Å². The molecule has 2 saturated heterocycles. The number of hydrogen-bond donors (Lipinski definition) is 4. The van der Waals surface area contributed by atoms with Gasteiger partial charge in [-0.05, 0) is 12.8 Å². The Hall–Kier alpha value is -1.03. The third-order valence-electron chi connectivity index (χ3n) is 4.28. The molecule has 25 heavy (non-hydrogen) atoms. The summed E-state index contributed by atoms with van der Waals surface area (Å²) in [6.07, 6.45) is 3.44. The van der Waals surface area contributed by atoms with Crippen LogP contribution in [0.3, 0.4) is 0 Å². The van der Waals surface area contributed by atoms with E-state index in [2.05, 4.69) is 16.0 Å². The van der Waals surface area contributed by atoms with E-state index in [4.69, 9.17) is 15.2 Å². The molecular formula is C16H30N4O4S. The Morgan fingerprint density at radius 3 is 2.80 bits per heavy atom. The molecule has 5 N–H and O–H groups in total. The highest BCUT2D eigenvalue weighted by atomic mass is 32.2. The second kappa shape index (κ2) is 11.6. The molecule has 0 aromatic heterocycles. The largest absolute Gasteiger partial charge is 0.378 e. The zero-order chi connectivity index (χ0) is 17.9. The fraction of sp³-hybridized carbons (Fsp3) is 0.875. The van der Waals surface area contributed by atoms with Crippen molar-refractivity contribution in [1.29, 1.82) is 0 Å². The summed E-state index contributed by atoms with van der Waals surface area (Å²) < 4.78 is 10.5. The van der Waals surface area contributed by atoms with Crippen molar-refractivity contribution in [2.75, 3.05) is 45.3 Å². The summed E-state index contributed by atoms with van der Waals surface area (Å²) in [6.45, 7) is 3.12. The molecular weight excluding hydrogens is 344 g/mol. The molecule has 2 rings (SSSR count). The van der Waals surface area contributed by atoms with Crippen LogP contribution in [-0.4, -0.2) is 74.5 Å². The van der Waals surface area contributed by atoms with Crippen molar-refractivity contribution in [3.8, 4) is 0 Å². The van der Waals surface area contributed by atoms with E-state index in [1.807, 2.05) is 11.8 Å². The highest BCUT2D eigenvalue weighted by Gasteiger charge is 2.42. The van der Waals surface area contributed by atoms with E-state index >= 15 is 0 Å². The minimum Gasteiger partial charge on any atom is -0.378 e. The molecule has 9 heteroatoms. The number of rotatable bonds is 13. The van der Waals surface area contributed by atoms with Crippen LogP contribution in [0.4, 0.5) is 4.79 Å². The summed E-state index contributed by atoms with van der Waals surface area (Å²) >= 11 is 1.91. The Balaban J connectivity index is 1.41. The zero-order valence-corrected chi connectivity index (χ0v) is 15.4. The van der Waals surface area contributed by atoms with Gasteiger partial charge in [-0.2, -0.15) is 11.8 Å². The van der Waals surface area contributed by atoms with Gasteiger partial charge >= 0.3 is 6.03 Å². The first kappa shape index (κ1) is 20.3. The van der Waals surface area contributed by atoms with E-state index in [-0.39, 0.29) is 24.0 Å². The number of hydrogen-bond acceptors (Lipinski definition) is 6. The zero-order valence-electron chi connectivity index (χ0n) is 14.6. The number of amides is 3. The number of ether oxygens (including phenoxy) is 2. The normalized spacial score (nSPS) is 24.7. The molecule has 2 heterocycles. The Bertz CT molecular complexity index is 427. The molecule has 0 saturated carbocycles. The monoisotopic (exact) mass is 374 g/mol. The minimum absolute atomic E-state index is 0.0483. The van der Waals surface area contributed by atoms with Crippen LogP contribution in [0.25, 0.3) is 0 Å². The van der Waals surface area contributed by atoms with Gasteiger partial charge in [0.05, 0.1) is 38.5 Å². The van der Waals surface area contributed by atoms with E-state index in [1.165, 1.54) is 0 Å². The molecule has 144 valence electrons. The Morgan fingerprint density at radius 1 is 1.20 bits per heavy atom. The predicted molar refractivity (Wildman–Crippen MR) is 97.7 cm³/mol. The summed E-state index contributed by atoms with van der Waals surface area (Å²) in [5.41, 5.74) is 5.30. The van der Waals surface area contributed by atoms with Crippen LogP contribution in [0.2, 0.25) is 0 Å². The highest BCUT2D eigenvalue weighted by Crippen LogP contribution is 2.33. The molecule has 0 spiro atoms. The summed E-state index contributed by atoms with van der Waals surface area (Å²) in [7, 11) is 0. The first-order chi connectivity index (χ1) is 12.2. The molecule has 8 nitrogen and oxygen atoms in total. The van der Waals surface area contributed by atoms with Crippen molar-refractivity contribution in [1.82, 2.24) is 16.0 Å². The molecule has 0 radical (unpaired) electrons. The van der Waals surface area contributed by atoms with Crippen LogP contribution in [0.15, 0.2) is 0 Å². The quantitative estimate of drug-likeness (QED) is 0.263. The molecule has 3 atom stereocenters. The molecule has 0 bridgehead atoms. The smallest absolute Gasteiger partial charge is 0.315 e. The van der Waals surface area contributed by atoms with E-state index in [1.54, 1.807) is 0 Å². The second-order valence-electron chi connectivity index (χ2n) is 6.23. The number of nitrogens with two attached hydrogens (primary N) is 1. The molecule has 2 aliphatic heterocycles. The van der Waals surface area contributed by atoms with Gasteiger partial charge in [-0.3, -0.25) is 4.79 Å². The number of carbonyl (C=O) groups excluding carboxylic acids is 2. The molecule has 2 fully saturated rings. The predicted octanol–water partition coefficient (Wildman–Crippen LogP) is -0.180. The van der Waals surface area contributed by atoms with Gasteiger partial charge in [-0.1, -0.05) is 6.42 Å². The summed E-state index contributed by atoms with van der Waals surface area (Å²) in [5, 5.41) is 9.25. The van der Waals surface area contributed by atoms with Crippen molar-refractivity contribution < 1.29 is 19.1 Å². The number of carbonyl (C=O) groups is 2. The Kier molecular flexibility index (Phi) is 9.38. The van der Waals surface area contributed by atoms with Gasteiger partial charge in [0.1, 0.15) is 0 Å². The maximum atomic E-state index is 11.8. The van der Waals surface area contributed by atoms with Crippen LogP contribution < -0.4 is 21.7 Å². The third-order valence-corrected chi connectivity index (χ3v) is 5.79. The van der Waals surface area contributed by atoms with Gasteiger partial charge < -0.3 is 31.2 Å². The van der Waals surface area contributed by atoms with Crippen molar-refractivity contribution in [2.24, 2.45) is 5.73 Å². The van der Waals surface area contributed by atoms with Gasteiger partial charge in [0.15, 0.2) is 0 Å². The molecule has 2 aliphatic rings. The standard InChI is InChI=1S/C16H30N4O4S/c17-5-7-23-9-10-24-8-6-18-14(21)4-2-1-3-13-15-12(11-25-13)19-16(22)20-15/h12-13,15H,1-11,17H2,(H,18,21)(H2,19,20,22)/t12?,13-,15?/m1/s1. The summed E-state index contributed by atoms with van der Waals surface area (Å²) in [5.74, 6) is 1.04. The molecule has 3 amide bonds. The van der Waals surface area contributed by atoms with E-state index in [0.717, 1.165) is 25.0 Å². The van der Waals surface area contributed by atoms with Gasteiger partial charge in [0, 0.05) is 30.5 Å². The van der Waals surface area contributed by atoms with Crippen LogP contribution in [0, 0.1) is 0 Å². The van der Waals surface area contributed by atoms with Crippen LogP contribution in [0.1, 0.15) is 25.7 Å². The molecule has 0 aliphatic carbocycles. The lowest BCUT2D eigenvalue weighted by Crippen LogP contribution is -2.36. The lowest BCUT2D eigenvalue weighted by Gasteiger charge is -2.16. The van der Waals surface area contributed by atoms with Crippen LogP contribution in [0.5, 0.6) is 0 Å². The number of thioether (sulfide) groups is 1. The van der Waals surface area contributed by atoms with Gasteiger partial charge in [-0.25, -0.2) is 4.79 Å². The molecule has 0 aromatic rings. The molecule has 0 aromatic carbocycles. The fourth-order valence-corrected chi connectivity index (χ4v) is 4.57. The number of urea groups is 1. The van der Waals surface area contributed by atoms with Crippen molar-refractivity contribution in [3.63, 3.8) is 0 Å². The number of unbranched alkanes of at least 4 members (excludes halogenated alkanes) is 1. The average Bonchev–Trinajstić information content (AvgIpc) is 3.13. The van der Waals surface area contributed by atoms with E-state index < -0.39 is 0 Å². The lowest BCUT2D eigenvalue weighted by molar-refractivity contribution is -0.121. The van der Waals surface area contributed by atoms with Crippen LogP contribution in [-0.2, 0) is 14.3 Å². The lowest BCUT2D eigenvalue weighted by atomic mass is 10.0.